The summed E-state index contributed by atoms with van der Waals surface area (Å²) < 4.78 is 0. The average Bonchev–Trinajstić information content (AvgIpc) is 2.98. The van der Waals surface area contributed by atoms with E-state index in [2.05, 4.69) is 5.32 Å². The van der Waals surface area contributed by atoms with Gasteiger partial charge in [0, 0.05) is 25.6 Å². The summed E-state index contributed by atoms with van der Waals surface area (Å²) in [5.41, 5.74) is 0. The van der Waals surface area contributed by atoms with Crippen molar-refractivity contribution < 1.29 is 14.7 Å². The van der Waals surface area contributed by atoms with Crippen LogP contribution in [0.2, 0.25) is 0 Å². The molecular formula is C16H28N2O3. The van der Waals surface area contributed by atoms with Gasteiger partial charge in [0.15, 0.2) is 0 Å². The second-order valence-electron chi connectivity index (χ2n) is 6.45. The van der Waals surface area contributed by atoms with Crippen LogP contribution in [0.4, 0.5) is 4.79 Å². The van der Waals surface area contributed by atoms with E-state index in [0.29, 0.717) is 6.42 Å². The van der Waals surface area contributed by atoms with E-state index in [1.807, 2.05) is 4.90 Å². The van der Waals surface area contributed by atoms with Gasteiger partial charge in [-0.1, -0.05) is 25.7 Å². The summed E-state index contributed by atoms with van der Waals surface area (Å²) in [6.07, 6.45) is 10.1. The van der Waals surface area contributed by atoms with Gasteiger partial charge in [-0.25, -0.2) is 4.79 Å². The third-order valence-electron chi connectivity index (χ3n) is 4.88. The van der Waals surface area contributed by atoms with Crippen LogP contribution in [0.5, 0.6) is 0 Å². The molecule has 1 unspecified atom stereocenters. The highest BCUT2D eigenvalue weighted by atomic mass is 16.4. The molecule has 1 saturated carbocycles. The smallest absolute Gasteiger partial charge is 0.317 e. The fourth-order valence-electron chi connectivity index (χ4n) is 3.64. The number of piperidine rings is 1. The zero-order chi connectivity index (χ0) is 15.1. The first kappa shape index (κ1) is 16.1. The fourth-order valence-corrected chi connectivity index (χ4v) is 3.64. The van der Waals surface area contributed by atoms with Gasteiger partial charge in [0.25, 0.3) is 0 Å². The van der Waals surface area contributed by atoms with Crippen molar-refractivity contribution in [2.75, 3.05) is 13.1 Å². The fraction of sp³-hybridized carbons (Fsp3) is 0.875. The molecule has 0 spiro atoms. The molecule has 2 aliphatic rings. The normalized spacial score (nSPS) is 23.2. The molecule has 21 heavy (non-hydrogen) atoms. The number of carbonyl (C=O) groups is 2. The van der Waals surface area contributed by atoms with Gasteiger partial charge in [-0.3, -0.25) is 4.79 Å². The summed E-state index contributed by atoms with van der Waals surface area (Å²) in [6.45, 7) is 1.52. The first-order valence-electron chi connectivity index (χ1n) is 8.43. The first-order valence-corrected chi connectivity index (χ1v) is 8.43. The average molecular weight is 296 g/mol. The molecule has 1 heterocycles. The van der Waals surface area contributed by atoms with Gasteiger partial charge in [0.05, 0.1) is 0 Å². The van der Waals surface area contributed by atoms with E-state index in [1.165, 1.54) is 25.7 Å². The molecule has 2 N–H and O–H groups in total. The number of carbonyl (C=O) groups excluding carboxylic acids is 1. The van der Waals surface area contributed by atoms with Gasteiger partial charge in [0.1, 0.15) is 0 Å². The summed E-state index contributed by atoms with van der Waals surface area (Å²) in [5, 5.41) is 11.8. The maximum absolute atomic E-state index is 12.3. The molecule has 5 nitrogen and oxygen atoms in total. The lowest BCUT2D eigenvalue weighted by Gasteiger charge is -2.35. The Bertz CT molecular complexity index is 353. The second-order valence-corrected chi connectivity index (χ2v) is 6.45. The third-order valence-corrected chi connectivity index (χ3v) is 4.88. The molecule has 2 rings (SSSR count). The number of nitrogens with zero attached hydrogens (tertiary/aromatic N) is 1. The Balaban J connectivity index is 1.73. The summed E-state index contributed by atoms with van der Waals surface area (Å²) >= 11 is 0. The Labute approximate surface area is 127 Å². The van der Waals surface area contributed by atoms with Gasteiger partial charge >= 0.3 is 12.0 Å². The van der Waals surface area contributed by atoms with E-state index in [9.17, 15) is 9.59 Å². The molecule has 1 atom stereocenters. The van der Waals surface area contributed by atoms with Gasteiger partial charge in [-0.15, -0.1) is 0 Å². The Kier molecular flexibility index (Phi) is 6.33. The molecule has 5 heteroatoms. The lowest BCUT2D eigenvalue weighted by molar-refractivity contribution is -0.137. The maximum atomic E-state index is 12.3. The Morgan fingerprint density at radius 2 is 1.76 bits per heavy atom. The number of carboxylic acids is 1. The van der Waals surface area contributed by atoms with Crippen LogP contribution in [-0.2, 0) is 4.79 Å². The topological polar surface area (TPSA) is 69.6 Å². The molecule has 1 saturated heterocycles. The number of amides is 2. The molecule has 1 aliphatic carbocycles. The zero-order valence-corrected chi connectivity index (χ0v) is 12.9. The zero-order valence-electron chi connectivity index (χ0n) is 12.9. The van der Waals surface area contributed by atoms with Gasteiger partial charge < -0.3 is 15.3 Å². The van der Waals surface area contributed by atoms with Crippen LogP contribution in [-0.4, -0.2) is 41.1 Å². The molecule has 2 amide bonds. The van der Waals surface area contributed by atoms with Crippen LogP contribution >= 0.6 is 0 Å². The van der Waals surface area contributed by atoms with Crippen LogP contribution in [0.15, 0.2) is 0 Å². The Hall–Kier alpha value is -1.26. The summed E-state index contributed by atoms with van der Waals surface area (Å²) in [4.78, 5) is 24.9. The number of carboxylic acid groups (broad SMARTS) is 1. The standard InChI is InChI=1S/C16H28N2O3/c19-15(20)9-8-14-7-3-4-12-18(14)16(21)17-11-10-13-5-1-2-6-13/h13-14H,1-12H2,(H,17,21)(H,19,20). The number of hydrogen-bond donors (Lipinski definition) is 2. The first-order chi connectivity index (χ1) is 10.2. The molecule has 120 valence electrons. The van der Waals surface area contributed by atoms with Crippen molar-refractivity contribution in [3.05, 3.63) is 0 Å². The number of nitrogens with one attached hydrogen (secondary N) is 1. The SMILES string of the molecule is O=C(O)CCC1CCCCN1C(=O)NCCC1CCCC1. The third kappa shape index (κ3) is 5.21. The van der Waals surface area contributed by atoms with Crippen LogP contribution in [0, 0.1) is 5.92 Å². The lowest BCUT2D eigenvalue weighted by atomic mass is 9.98. The second kappa shape index (κ2) is 8.25. The summed E-state index contributed by atoms with van der Waals surface area (Å²) in [7, 11) is 0. The predicted molar refractivity (Wildman–Crippen MR) is 81.2 cm³/mol. The maximum Gasteiger partial charge on any atom is 0.317 e. The highest BCUT2D eigenvalue weighted by molar-refractivity contribution is 5.74. The molecule has 0 bridgehead atoms. The molecule has 0 radical (unpaired) electrons. The summed E-state index contributed by atoms with van der Waals surface area (Å²) in [5.74, 6) is 0.0108. The van der Waals surface area contributed by atoms with Crippen molar-refractivity contribution in [1.82, 2.24) is 10.2 Å². The highest BCUT2D eigenvalue weighted by Gasteiger charge is 2.27. The molecule has 0 aromatic rings. The quantitative estimate of drug-likeness (QED) is 0.791. The van der Waals surface area contributed by atoms with E-state index in [-0.39, 0.29) is 18.5 Å². The van der Waals surface area contributed by atoms with Crippen molar-refractivity contribution >= 4 is 12.0 Å². The minimum atomic E-state index is -0.776. The molecule has 1 aliphatic heterocycles. The lowest BCUT2D eigenvalue weighted by Crippen LogP contribution is -2.49. The number of hydrogen-bond acceptors (Lipinski definition) is 2. The molecule has 0 aromatic heterocycles. The number of aliphatic carboxylic acids is 1. The van der Waals surface area contributed by atoms with Crippen molar-refractivity contribution in [2.24, 2.45) is 5.92 Å². The van der Waals surface area contributed by atoms with Gasteiger partial charge in [-0.05, 0) is 38.0 Å². The van der Waals surface area contributed by atoms with E-state index < -0.39 is 5.97 Å². The highest BCUT2D eigenvalue weighted by Crippen LogP contribution is 2.27. The largest absolute Gasteiger partial charge is 0.481 e. The van der Waals surface area contributed by atoms with E-state index in [4.69, 9.17) is 5.11 Å². The van der Waals surface area contributed by atoms with Crippen molar-refractivity contribution in [2.45, 2.75) is 70.3 Å². The minimum Gasteiger partial charge on any atom is -0.481 e. The number of likely N-dealkylation sites (tertiary alicyclic amines) is 1. The van der Waals surface area contributed by atoms with Gasteiger partial charge in [0.2, 0.25) is 0 Å². The minimum absolute atomic E-state index is 0.00286. The Morgan fingerprint density at radius 3 is 2.48 bits per heavy atom. The van der Waals surface area contributed by atoms with Crippen molar-refractivity contribution in [1.29, 1.82) is 0 Å². The summed E-state index contributed by atoms with van der Waals surface area (Å²) in [6, 6.07) is 0.101. The Morgan fingerprint density at radius 1 is 1.05 bits per heavy atom. The van der Waals surface area contributed by atoms with Crippen molar-refractivity contribution in [3.63, 3.8) is 0 Å². The van der Waals surface area contributed by atoms with E-state index in [0.717, 1.165) is 44.7 Å². The van der Waals surface area contributed by atoms with Crippen LogP contribution in [0.1, 0.15) is 64.2 Å². The number of urea groups is 1. The van der Waals surface area contributed by atoms with Crippen LogP contribution in [0.25, 0.3) is 0 Å². The van der Waals surface area contributed by atoms with Crippen molar-refractivity contribution in [3.8, 4) is 0 Å². The van der Waals surface area contributed by atoms with E-state index in [1.54, 1.807) is 0 Å². The van der Waals surface area contributed by atoms with Crippen LogP contribution < -0.4 is 5.32 Å². The molecular weight excluding hydrogens is 268 g/mol. The molecule has 0 aromatic carbocycles. The predicted octanol–water partition coefficient (Wildman–Crippen LogP) is 3.00. The van der Waals surface area contributed by atoms with E-state index >= 15 is 0 Å². The van der Waals surface area contributed by atoms with Crippen LogP contribution in [0.3, 0.4) is 0 Å². The molecule has 2 fully saturated rings. The van der Waals surface area contributed by atoms with Gasteiger partial charge in [-0.2, -0.15) is 0 Å². The number of rotatable bonds is 6. The monoisotopic (exact) mass is 296 g/mol.